The number of carbonyl (C=O) groups is 1. The number of rotatable bonds is 4. The molecule has 1 aliphatic heterocycles. The third kappa shape index (κ3) is 4.26. The summed E-state index contributed by atoms with van der Waals surface area (Å²) in [5.74, 6) is 0.151. The van der Waals surface area contributed by atoms with Crippen molar-refractivity contribution in [1.82, 2.24) is 4.72 Å². The number of aliphatic imine (C=N–C) groups is 1. The molecule has 0 aliphatic carbocycles. The molecule has 2 aromatic carbocycles. The largest absolute Gasteiger partial charge is 0.322 e. The second-order valence-electron chi connectivity index (χ2n) is 5.50. The van der Waals surface area contributed by atoms with Crippen molar-refractivity contribution in [3.05, 3.63) is 58.6 Å². The first-order valence-corrected chi connectivity index (χ1v) is 9.95. The zero-order chi connectivity index (χ0) is 17.9. The first kappa shape index (κ1) is 17.6. The molecule has 0 unspecified atom stereocenters. The number of halogens is 1. The summed E-state index contributed by atoms with van der Waals surface area (Å²) in [6.45, 7) is 0.639. The molecule has 1 heterocycles. The van der Waals surface area contributed by atoms with Crippen LogP contribution in [0.1, 0.15) is 23.2 Å². The summed E-state index contributed by atoms with van der Waals surface area (Å²) in [6, 6.07) is 13.1. The molecule has 0 fully saturated rings. The molecule has 0 bridgehead atoms. The Morgan fingerprint density at radius 3 is 2.64 bits per heavy atom. The SMILES string of the molecule is O=C(Nc1cccc(S(=O)(=O)NC2=NCCC2)c1)c1ccccc1Br. The van der Waals surface area contributed by atoms with Gasteiger partial charge in [-0.25, -0.2) is 8.42 Å². The van der Waals surface area contributed by atoms with Gasteiger partial charge in [0.15, 0.2) is 0 Å². The Kier molecular flexibility index (Phi) is 5.19. The minimum atomic E-state index is -3.72. The fraction of sp³-hybridized carbons (Fsp3) is 0.176. The molecule has 3 rings (SSSR count). The summed E-state index contributed by atoms with van der Waals surface area (Å²) in [5, 5.41) is 2.71. The molecular weight excluding hydrogens is 406 g/mol. The number of hydrogen-bond donors (Lipinski definition) is 2. The van der Waals surface area contributed by atoms with E-state index in [0.717, 1.165) is 6.42 Å². The van der Waals surface area contributed by atoms with Crippen molar-refractivity contribution in [1.29, 1.82) is 0 Å². The maximum atomic E-state index is 12.4. The van der Waals surface area contributed by atoms with Crippen LogP contribution in [0.25, 0.3) is 0 Å². The highest BCUT2D eigenvalue weighted by Gasteiger charge is 2.19. The lowest BCUT2D eigenvalue weighted by Crippen LogP contribution is -2.29. The van der Waals surface area contributed by atoms with Gasteiger partial charge in [0.1, 0.15) is 5.84 Å². The lowest BCUT2D eigenvalue weighted by molar-refractivity contribution is 0.102. The highest BCUT2D eigenvalue weighted by molar-refractivity contribution is 9.10. The quantitative estimate of drug-likeness (QED) is 0.794. The van der Waals surface area contributed by atoms with Gasteiger partial charge in [0, 0.05) is 23.1 Å². The number of amidine groups is 1. The molecule has 0 saturated heterocycles. The average Bonchev–Trinajstić information content (AvgIpc) is 3.07. The zero-order valence-electron chi connectivity index (χ0n) is 13.2. The topological polar surface area (TPSA) is 87.6 Å². The van der Waals surface area contributed by atoms with Crippen LogP contribution in [-0.2, 0) is 10.0 Å². The molecule has 0 aromatic heterocycles. The number of nitrogens with zero attached hydrogens (tertiary/aromatic N) is 1. The monoisotopic (exact) mass is 421 g/mol. The van der Waals surface area contributed by atoms with Crippen LogP contribution in [0.5, 0.6) is 0 Å². The van der Waals surface area contributed by atoms with Crippen molar-refractivity contribution in [2.75, 3.05) is 11.9 Å². The first-order valence-electron chi connectivity index (χ1n) is 7.68. The predicted molar refractivity (Wildman–Crippen MR) is 100 cm³/mol. The number of hydrogen-bond acceptors (Lipinski definition) is 4. The minimum absolute atomic E-state index is 0.0760. The summed E-state index contributed by atoms with van der Waals surface area (Å²) >= 11 is 3.33. The standard InChI is InChI=1S/C17H16BrN3O3S/c18-15-8-2-1-7-14(15)17(22)20-12-5-3-6-13(11-12)25(23,24)21-16-9-4-10-19-16/h1-3,5-8,11H,4,9-10H2,(H,19,21)(H,20,22). The van der Waals surface area contributed by atoms with Gasteiger partial charge >= 0.3 is 0 Å². The Labute approximate surface area is 154 Å². The van der Waals surface area contributed by atoms with Gasteiger partial charge in [-0.1, -0.05) is 18.2 Å². The fourth-order valence-corrected chi connectivity index (χ4v) is 4.02. The lowest BCUT2D eigenvalue weighted by Gasteiger charge is -2.10. The van der Waals surface area contributed by atoms with Crippen LogP contribution in [0.4, 0.5) is 5.69 Å². The molecule has 1 amide bonds. The van der Waals surface area contributed by atoms with Crippen LogP contribution in [0.3, 0.4) is 0 Å². The summed E-state index contributed by atoms with van der Waals surface area (Å²) in [5.41, 5.74) is 0.867. The van der Waals surface area contributed by atoms with E-state index in [0.29, 0.717) is 34.5 Å². The summed E-state index contributed by atoms with van der Waals surface area (Å²) in [4.78, 5) is 16.5. The fourth-order valence-electron chi connectivity index (χ4n) is 2.42. The Balaban J connectivity index is 1.79. The van der Waals surface area contributed by atoms with E-state index in [2.05, 4.69) is 31.0 Å². The highest BCUT2D eigenvalue weighted by atomic mass is 79.9. The van der Waals surface area contributed by atoms with Crippen molar-refractivity contribution < 1.29 is 13.2 Å². The van der Waals surface area contributed by atoms with E-state index < -0.39 is 10.0 Å². The Morgan fingerprint density at radius 2 is 1.92 bits per heavy atom. The summed E-state index contributed by atoms with van der Waals surface area (Å²) < 4.78 is 28.0. The van der Waals surface area contributed by atoms with Gasteiger partial charge in [0.2, 0.25) is 0 Å². The Morgan fingerprint density at radius 1 is 1.12 bits per heavy atom. The highest BCUT2D eigenvalue weighted by Crippen LogP contribution is 2.20. The number of sulfonamides is 1. The number of amides is 1. The van der Waals surface area contributed by atoms with Crippen LogP contribution in [0.2, 0.25) is 0 Å². The predicted octanol–water partition coefficient (Wildman–Crippen LogP) is 3.17. The molecular formula is C17H16BrN3O3S. The third-order valence-corrected chi connectivity index (χ3v) is 5.72. The Hall–Kier alpha value is -2.19. The van der Waals surface area contributed by atoms with Crippen molar-refractivity contribution >= 4 is 43.4 Å². The molecule has 8 heteroatoms. The summed E-state index contributed by atoms with van der Waals surface area (Å²) in [7, 11) is -3.72. The van der Waals surface area contributed by atoms with Gasteiger partial charge < -0.3 is 5.32 Å². The molecule has 2 N–H and O–H groups in total. The van der Waals surface area contributed by atoms with E-state index in [4.69, 9.17) is 0 Å². The molecule has 0 saturated carbocycles. The maximum absolute atomic E-state index is 12.4. The normalized spacial score (nSPS) is 14.0. The minimum Gasteiger partial charge on any atom is -0.322 e. The van der Waals surface area contributed by atoms with E-state index in [1.54, 1.807) is 30.3 Å². The van der Waals surface area contributed by atoms with E-state index >= 15 is 0 Å². The summed E-state index contributed by atoms with van der Waals surface area (Å²) in [6.07, 6.45) is 1.47. The molecule has 0 radical (unpaired) electrons. The van der Waals surface area contributed by atoms with Crippen LogP contribution >= 0.6 is 15.9 Å². The molecule has 1 aliphatic rings. The maximum Gasteiger partial charge on any atom is 0.262 e. The second-order valence-corrected chi connectivity index (χ2v) is 8.04. The van der Waals surface area contributed by atoms with E-state index in [-0.39, 0.29) is 10.8 Å². The van der Waals surface area contributed by atoms with E-state index in [1.165, 1.54) is 12.1 Å². The van der Waals surface area contributed by atoms with Crippen molar-refractivity contribution in [3.8, 4) is 0 Å². The molecule has 0 spiro atoms. The first-order chi connectivity index (χ1) is 12.0. The van der Waals surface area contributed by atoms with Crippen molar-refractivity contribution in [3.63, 3.8) is 0 Å². The number of anilines is 1. The van der Waals surface area contributed by atoms with Gasteiger partial charge in [-0.15, -0.1) is 0 Å². The third-order valence-electron chi connectivity index (χ3n) is 3.65. The number of nitrogens with one attached hydrogen (secondary N) is 2. The van der Waals surface area contributed by atoms with E-state index in [9.17, 15) is 13.2 Å². The van der Waals surface area contributed by atoms with Crippen molar-refractivity contribution in [2.45, 2.75) is 17.7 Å². The van der Waals surface area contributed by atoms with Crippen molar-refractivity contribution in [2.24, 2.45) is 4.99 Å². The number of benzene rings is 2. The number of carbonyl (C=O) groups excluding carboxylic acids is 1. The molecule has 25 heavy (non-hydrogen) atoms. The molecule has 6 nitrogen and oxygen atoms in total. The van der Waals surface area contributed by atoms with Crippen LogP contribution in [0, 0.1) is 0 Å². The zero-order valence-corrected chi connectivity index (χ0v) is 15.6. The Bertz CT molecular complexity index is 942. The average molecular weight is 422 g/mol. The van der Waals surface area contributed by atoms with Gasteiger partial charge in [-0.3, -0.25) is 14.5 Å². The molecule has 0 atom stereocenters. The smallest absolute Gasteiger partial charge is 0.262 e. The van der Waals surface area contributed by atoms with Gasteiger partial charge in [-0.05, 0) is 52.7 Å². The second kappa shape index (κ2) is 7.37. The molecule has 2 aromatic rings. The van der Waals surface area contributed by atoms with Gasteiger partial charge in [0.25, 0.3) is 15.9 Å². The molecule has 130 valence electrons. The van der Waals surface area contributed by atoms with E-state index in [1.807, 2.05) is 6.07 Å². The van der Waals surface area contributed by atoms with Gasteiger partial charge in [-0.2, -0.15) is 0 Å². The van der Waals surface area contributed by atoms with Gasteiger partial charge in [0.05, 0.1) is 10.5 Å². The van der Waals surface area contributed by atoms with Crippen LogP contribution in [-0.4, -0.2) is 26.7 Å². The lowest BCUT2D eigenvalue weighted by atomic mass is 10.2. The van der Waals surface area contributed by atoms with Crippen LogP contribution < -0.4 is 10.0 Å². The van der Waals surface area contributed by atoms with Crippen LogP contribution in [0.15, 0.2) is 62.9 Å².